The quantitative estimate of drug-likeness (QED) is 0.309. The largest absolute Gasteiger partial charge is 0.454 e. The number of hydrogen-bond donors (Lipinski definition) is 1. The van der Waals surface area contributed by atoms with Gasteiger partial charge in [0.2, 0.25) is 0 Å². The summed E-state index contributed by atoms with van der Waals surface area (Å²) in [4.78, 5) is 36.9. The lowest BCUT2D eigenvalue weighted by molar-refractivity contribution is 0.0715. The Morgan fingerprint density at radius 2 is 1.91 bits per heavy atom. The van der Waals surface area contributed by atoms with E-state index in [0.717, 1.165) is 26.6 Å². The van der Waals surface area contributed by atoms with Gasteiger partial charge in [0.15, 0.2) is 5.76 Å². The van der Waals surface area contributed by atoms with Gasteiger partial charge in [0, 0.05) is 28.3 Å². The normalized spacial score (nSPS) is 11.0. The molecule has 0 atom stereocenters. The van der Waals surface area contributed by atoms with Crippen LogP contribution in [0.4, 0.5) is 0 Å². The van der Waals surface area contributed by atoms with E-state index in [1.54, 1.807) is 29.3 Å². The van der Waals surface area contributed by atoms with E-state index in [1.807, 2.05) is 45.0 Å². The van der Waals surface area contributed by atoms with Crippen molar-refractivity contribution in [1.29, 1.82) is 0 Å². The molecule has 7 nitrogen and oxygen atoms in total. The number of nitrogens with one attached hydrogen (secondary N) is 1. The number of fused-ring (bicyclic) bond motifs is 1. The van der Waals surface area contributed by atoms with Crippen LogP contribution in [0.1, 0.15) is 50.5 Å². The fraction of sp³-hybridized carbons (Fsp3) is 0.231. The number of carbonyl (C=O) groups excluding carboxylic acids is 2. The Labute approximate surface area is 216 Å². The second-order valence-electron chi connectivity index (χ2n) is 8.08. The summed E-state index contributed by atoms with van der Waals surface area (Å²) in [6.07, 6.45) is 1.64. The van der Waals surface area contributed by atoms with Crippen LogP contribution in [0.25, 0.3) is 10.9 Å². The first-order valence-corrected chi connectivity index (χ1v) is 12.3. The summed E-state index contributed by atoms with van der Waals surface area (Å²) >= 11 is 9.81. The molecule has 9 heteroatoms. The second-order valence-corrected chi connectivity index (χ2v) is 9.41. The van der Waals surface area contributed by atoms with Crippen molar-refractivity contribution in [3.63, 3.8) is 0 Å². The van der Waals surface area contributed by atoms with Gasteiger partial charge < -0.3 is 14.6 Å². The van der Waals surface area contributed by atoms with Gasteiger partial charge in [-0.25, -0.2) is 0 Å². The Hall–Kier alpha value is -3.23. The van der Waals surface area contributed by atoms with Gasteiger partial charge in [-0.2, -0.15) is 0 Å². The lowest BCUT2D eigenvalue weighted by atomic mass is 10.00. The third-order valence-corrected chi connectivity index (χ3v) is 6.44. The number of hydrogen-bond acceptors (Lipinski definition) is 5. The number of nitrogens with zero attached hydrogens (tertiary/aromatic N) is 3. The number of benzene rings is 1. The molecule has 1 N–H and O–H groups in total. The number of furan rings is 1. The summed E-state index contributed by atoms with van der Waals surface area (Å²) in [5.41, 5.74) is 3.44. The lowest BCUT2D eigenvalue weighted by Gasteiger charge is -2.24. The van der Waals surface area contributed by atoms with Gasteiger partial charge in [-0.1, -0.05) is 29.8 Å². The molecule has 0 aliphatic rings. The zero-order valence-electron chi connectivity index (χ0n) is 19.6. The van der Waals surface area contributed by atoms with E-state index in [9.17, 15) is 9.59 Å². The van der Waals surface area contributed by atoms with Gasteiger partial charge in [-0.05, 0) is 66.5 Å². The number of amides is 2. The van der Waals surface area contributed by atoms with Crippen LogP contribution in [0.15, 0.2) is 57.6 Å². The van der Waals surface area contributed by atoms with E-state index in [-0.39, 0.29) is 30.7 Å². The fourth-order valence-electron chi connectivity index (χ4n) is 3.82. The zero-order valence-corrected chi connectivity index (χ0v) is 21.9. The lowest BCUT2D eigenvalue weighted by Crippen LogP contribution is -2.31. The molecule has 0 saturated heterocycles. The number of aromatic nitrogens is 2. The molecule has 0 radical (unpaired) electrons. The molecule has 4 rings (SSSR count). The SMILES string of the molecule is CCNC(=O)c1ccc(CN(Cc2ncc(Br)cc2Cl)C(=O)c2c(C)c(C)nc3ccccc23)o1. The van der Waals surface area contributed by atoms with Crippen molar-refractivity contribution >= 4 is 50.2 Å². The molecule has 1 aromatic carbocycles. The topological polar surface area (TPSA) is 88.3 Å². The van der Waals surface area contributed by atoms with Crippen molar-refractivity contribution in [2.24, 2.45) is 0 Å². The van der Waals surface area contributed by atoms with Crippen molar-refractivity contribution in [3.8, 4) is 0 Å². The average molecular weight is 556 g/mol. The maximum absolute atomic E-state index is 14.1. The molecule has 0 fully saturated rings. The molecule has 0 aliphatic carbocycles. The molecule has 3 aromatic heterocycles. The minimum absolute atomic E-state index is 0.126. The highest BCUT2D eigenvalue weighted by atomic mass is 79.9. The van der Waals surface area contributed by atoms with Crippen LogP contribution >= 0.6 is 27.5 Å². The van der Waals surface area contributed by atoms with Gasteiger partial charge >= 0.3 is 0 Å². The summed E-state index contributed by atoms with van der Waals surface area (Å²) in [5.74, 6) is 0.151. The highest BCUT2D eigenvalue weighted by Gasteiger charge is 2.25. The molecule has 0 aliphatic heterocycles. The summed E-state index contributed by atoms with van der Waals surface area (Å²) in [6, 6.07) is 12.6. The molecule has 4 aromatic rings. The highest BCUT2D eigenvalue weighted by Crippen LogP contribution is 2.27. The second kappa shape index (κ2) is 10.6. The first-order chi connectivity index (χ1) is 16.8. The zero-order chi connectivity index (χ0) is 25.1. The number of halogens is 2. The summed E-state index contributed by atoms with van der Waals surface area (Å²) in [5, 5.41) is 3.92. The standard InChI is InChI=1S/C26H24BrClN4O3/c1-4-29-25(33)23-10-9-18(35-23)13-32(14-22-20(28)11-17(27)12-30-22)26(34)24-15(2)16(3)31-21-8-6-5-7-19(21)24/h5-12H,4,13-14H2,1-3H3,(H,29,33). The van der Waals surface area contributed by atoms with E-state index >= 15 is 0 Å². The Balaban J connectivity index is 1.76. The minimum Gasteiger partial charge on any atom is -0.454 e. The van der Waals surface area contributed by atoms with Gasteiger partial charge in [0.05, 0.1) is 34.9 Å². The number of rotatable bonds is 7. The average Bonchev–Trinajstić information content (AvgIpc) is 3.30. The Bertz CT molecular complexity index is 1420. The predicted molar refractivity (Wildman–Crippen MR) is 138 cm³/mol. The molecule has 0 bridgehead atoms. The molecule has 3 heterocycles. The van der Waals surface area contributed by atoms with Crippen LogP contribution in [-0.2, 0) is 13.1 Å². The predicted octanol–water partition coefficient (Wildman–Crippen LogP) is 5.85. The Morgan fingerprint density at radius 3 is 2.66 bits per heavy atom. The fourth-order valence-corrected chi connectivity index (χ4v) is 4.51. The van der Waals surface area contributed by atoms with E-state index < -0.39 is 0 Å². The Kier molecular flexibility index (Phi) is 7.52. The molecule has 2 amide bonds. The van der Waals surface area contributed by atoms with Crippen molar-refractivity contribution in [2.45, 2.75) is 33.9 Å². The van der Waals surface area contributed by atoms with Crippen LogP contribution < -0.4 is 5.32 Å². The van der Waals surface area contributed by atoms with Gasteiger partial charge in [-0.3, -0.25) is 19.6 Å². The van der Waals surface area contributed by atoms with E-state index in [0.29, 0.717) is 28.6 Å². The first kappa shape index (κ1) is 24.9. The van der Waals surface area contributed by atoms with Crippen molar-refractivity contribution in [3.05, 3.63) is 92.2 Å². The molecule has 35 heavy (non-hydrogen) atoms. The van der Waals surface area contributed by atoms with E-state index in [4.69, 9.17) is 16.0 Å². The maximum Gasteiger partial charge on any atom is 0.286 e. The van der Waals surface area contributed by atoms with Crippen LogP contribution in [0.3, 0.4) is 0 Å². The molecule has 0 spiro atoms. The molecule has 0 saturated carbocycles. The van der Waals surface area contributed by atoms with E-state index in [2.05, 4.69) is 31.2 Å². The van der Waals surface area contributed by atoms with Crippen molar-refractivity contribution < 1.29 is 14.0 Å². The van der Waals surface area contributed by atoms with Gasteiger partial charge in [-0.15, -0.1) is 0 Å². The highest BCUT2D eigenvalue weighted by molar-refractivity contribution is 9.10. The van der Waals surface area contributed by atoms with Crippen molar-refractivity contribution in [1.82, 2.24) is 20.2 Å². The van der Waals surface area contributed by atoms with E-state index in [1.165, 1.54) is 0 Å². The number of pyridine rings is 2. The number of aryl methyl sites for hydroxylation is 1. The first-order valence-electron chi connectivity index (χ1n) is 11.1. The third-order valence-electron chi connectivity index (χ3n) is 5.67. The third kappa shape index (κ3) is 5.39. The molecule has 180 valence electrons. The minimum atomic E-state index is -0.305. The smallest absolute Gasteiger partial charge is 0.286 e. The summed E-state index contributed by atoms with van der Waals surface area (Å²) < 4.78 is 6.51. The van der Waals surface area contributed by atoms with Crippen LogP contribution in [-0.4, -0.2) is 33.2 Å². The van der Waals surface area contributed by atoms with Crippen LogP contribution in [0.5, 0.6) is 0 Å². The monoisotopic (exact) mass is 554 g/mol. The molecular formula is C26H24BrClN4O3. The number of para-hydroxylation sites is 1. The van der Waals surface area contributed by atoms with Crippen LogP contribution in [0.2, 0.25) is 5.02 Å². The number of carbonyl (C=O) groups is 2. The summed E-state index contributed by atoms with van der Waals surface area (Å²) in [7, 11) is 0. The molecule has 0 unspecified atom stereocenters. The van der Waals surface area contributed by atoms with Crippen LogP contribution in [0, 0.1) is 13.8 Å². The summed E-state index contributed by atoms with van der Waals surface area (Å²) in [6.45, 7) is 6.38. The Morgan fingerprint density at radius 1 is 1.14 bits per heavy atom. The van der Waals surface area contributed by atoms with Crippen molar-refractivity contribution in [2.75, 3.05) is 6.54 Å². The maximum atomic E-state index is 14.1. The molecular weight excluding hydrogens is 532 g/mol. The van der Waals surface area contributed by atoms with Gasteiger partial charge in [0.1, 0.15) is 5.76 Å². The van der Waals surface area contributed by atoms with Gasteiger partial charge in [0.25, 0.3) is 11.8 Å².